The highest BCUT2D eigenvalue weighted by Crippen LogP contribution is 2.27. The van der Waals surface area contributed by atoms with Crippen LogP contribution in [0.2, 0.25) is 5.02 Å². The van der Waals surface area contributed by atoms with E-state index < -0.39 is 10.0 Å². The van der Waals surface area contributed by atoms with Gasteiger partial charge in [0.25, 0.3) is 15.9 Å². The van der Waals surface area contributed by atoms with Gasteiger partial charge in [0.2, 0.25) is 0 Å². The van der Waals surface area contributed by atoms with E-state index in [9.17, 15) is 13.2 Å². The van der Waals surface area contributed by atoms with Gasteiger partial charge in [-0.2, -0.15) is 0 Å². The summed E-state index contributed by atoms with van der Waals surface area (Å²) in [5.41, 5.74) is 0.725. The summed E-state index contributed by atoms with van der Waals surface area (Å²) >= 11 is 9.27. The van der Waals surface area contributed by atoms with Crippen LogP contribution in [0.25, 0.3) is 0 Å². The number of carbonyl (C=O) groups excluding carboxylic acids is 1. The lowest BCUT2D eigenvalue weighted by molar-refractivity contribution is 0.0773. The Balaban J connectivity index is 2.31. The van der Waals surface area contributed by atoms with Crippen molar-refractivity contribution < 1.29 is 13.2 Å². The van der Waals surface area contributed by atoms with Gasteiger partial charge in [0.15, 0.2) is 0 Å². The van der Waals surface area contributed by atoms with Gasteiger partial charge < -0.3 is 4.90 Å². The van der Waals surface area contributed by atoms with E-state index in [1.807, 2.05) is 13.8 Å². The maximum Gasteiger partial charge on any atom is 0.263 e. The van der Waals surface area contributed by atoms with Crippen molar-refractivity contribution in [2.75, 3.05) is 17.8 Å². The summed E-state index contributed by atoms with van der Waals surface area (Å²) in [6.07, 6.45) is 0. The smallest absolute Gasteiger partial charge is 0.263 e. The molecule has 2 rings (SSSR count). The zero-order chi connectivity index (χ0) is 18.6. The van der Waals surface area contributed by atoms with Gasteiger partial charge in [0.1, 0.15) is 4.90 Å². The zero-order valence-corrected chi connectivity index (χ0v) is 17.0. The van der Waals surface area contributed by atoms with Crippen LogP contribution in [0.1, 0.15) is 24.2 Å². The molecule has 0 bridgehead atoms. The fourth-order valence-electron chi connectivity index (χ4n) is 2.31. The molecule has 1 amide bonds. The molecule has 0 atom stereocenters. The number of hydrogen-bond donors (Lipinski definition) is 1. The molecule has 0 aliphatic rings. The number of nitrogens with zero attached hydrogens (tertiary/aromatic N) is 1. The monoisotopic (exact) mass is 444 g/mol. The first-order valence-electron chi connectivity index (χ1n) is 7.65. The van der Waals surface area contributed by atoms with Gasteiger partial charge in [0.05, 0.1) is 5.02 Å². The van der Waals surface area contributed by atoms with E-state index in [1.165, 1.54) is 18.2 Å². The van der Waals surface area contributed by atoms with Crippen LogP contribution in [-0.4, -0.2) is 32.3 Å². The number of rotatable bonds is 6. The highest BCUT2D eigenvalue weighted by Gasteiger charge is 2.19. The van der Waals surface area contributed by atoms with E-state index in [1.54, 1.807) is 29.2 Å². The molecule has 5 nitrogen and oxygen atoms in total. The molecule has 2 aromatic carbocycles. The van der Waals surface area contributed by atoms with Crippen molar-refractivity contribution in [1.82, 2.24) is 4.90 Å². The van der Waals surface area contributed by atoms with Crippen molar-refractivity contribution in [1.29, 1.82) is 0 Å². The highest BCUT2D eigenvalue weighted by molar-refractivity contribution is 9.10. The number of anilines is 1. The molecular formula is C17H18BrClN2O3S. The first-order chi connectivity index (χ1) is 11.8. The Morgan fingerprint density at radius 1 is 1.16 bits per heavy atom. The molecule has 1 N–H and O–H groups in total. The third kappa shape index (κ3) is 4.74. The Morgan fingerprint density at radius 2 is 1.84 bits per heavy atom. The lowest BCUT2D eigenvalue weighted by Gasteiger charge is -2.19. The average molecular weight is 446 g/mol. The van der Waals surface area contributed by atoms with Gasteiger partial charge in [-0.25, -0.2) is 8.42 Å². The Labute approximate surface area is 161 Å². The summed E-state index contributed by atoms with van der Waals surface area (Å²) in [7, 11) is -3.86. The Hall–Kier alpha value is -1.57. The molecule has 0 fully saturated rings. The summed E-state index contributed by atoms with van der Waals surface area (Å²) in [6.45, 7) is 4.95. The van der Waals surface area contributed by atoms with Crippen LogP contribution in [0.15, 0.2) is 51.8 Å². The first-order valence-corrected chi connectivity index (χ1v) is 10.3. The largest absolute Gasteiger partial charge is 0.339 e. The van der Waals surface area contributed by atoms with Crippen LogP contribution >= 0.6 is 27.5 Å². The number of carbonyl (C=O) groups is 1. The maximum absolute atomic E-state index is 12.6. The summed E-state index contributed by atoms with van der Waals surface area (Å²) in [6, 6.07) is 10.9. The van der Waals surface area contributed by atoms with Crippen molar-refractivity contribution in [3.05, 3.63) is 57.5 Å². The molecule has 0 saturated heterocycles. The third-order valence-electron chi connectivity index (χ3n) is 3.60. The van der Waals surface area contributed by atoms with E-state index in [-0.39, 0.29) is 15.8 Å². The Morgan fingerprint density at radius 3 is 2.44 bits per heavy atom. The van der Waals surface area contributed by atoms with E-state index in [2.05, 4.69) is 20.7 Å². The van der Waals surface area contributed by atoms with Gasteiger partial charge in [-0.3, -0.25) is 9.52 Å². The molecule has 134 valence electrons. The molecule has 2 aromatic rings. The normalized spacial score (nSPS) is 11.2. The fraction of sp³-hybridized carbons (Fsp3) is 0.235. The fourth-order valence-corrected chi connectivity index (χ4v) is 4.40. The van der Waals surface area contributed by atoms with Crippen LogP contribution in [0, 0.1) is 0 Å². The zero-order valence-electron chi connectivity index (χ0n) is 13.8. The topological polar surface area (TPSA) is 66.5 Å². The minimum atomic E-state index is -3.86. The highest BCUT2D eigenvalue weighted by atomic mass is 79.9. The molecule has 0 aliphatic carbocycles. The molecule has 0 spiro atoms. The number of nitrogens with one attached hydrogen (secondary N) is 1. The van der Waals surface area contributed by atoms with Gasteiger partial charge in [0, 0.05) is 28.8 Å². The number of sulfonamides is 1. The standard InChI is InChI=1S/C17H18BrClN2O3S/c1-3-21(4-2)17(22)12-6-5-7-14(10-12)20-25(23,24)16-9-8-13(18)11-15(16)19/h5-11,20H,3-4H2,1-2H3. The predicted molar refractivity (Wildman–Crippen MR) is 104 cm³/mol. The second-order valence-corrected chi connectivity index (χ2v) is 8.21. The second kappa shape index (κ2) is 8.21. The van der Waals surface area contributed by atoms with Crippen molar-refractivity contribution in [3.63, 3.8) is 0 Å². The molecule has 0 radical (unpaired) electrons. The third-order valence-corrected chi connectivity index (χ3v) is 5.95. The minimum absolute atomic E-state index is 0.0298. The van der Waals surface area contributed by atoms with Crippen LogP contribution < -0.4 is 4.72 Å². The van der Waals surface area contributed by atoms with E-state index in [4.69, 9.17) is 11.6 Å². The van der Waals surface area contributed by atoms with Crippen LogP contribution in [0.3, 0.4) is 0 Å². The second-order valence-electron chi connectivity index (χ2n) is 5.24. The summed E-state index contributed by atoms with van der Waals surface area (Å²) in [5.74, 6) is -0.146. The summed E-state index contributed by atoms with van der Waals surface area (Å²) in [4.78, 5) is 14.0. The van der Waals surface area contributed by atoms with E-state index in [0.29, 0.717) is 28.8 Å². The molecule has 0 heterocycles. The lowest BCUT2D eigenvalue weighted by atomic mass is 10.2. The van der Waals surface area contributed by atoms with Crippen molar-refractivity contribution in [2.24, 2.45) is 0 Å². The van der Waals surface area contributed by atoms with Crippen LogP contribution in [0.4, 0.5) is 5.69 Å². The molecule has 0 aromatic heterocycles. The van der Waals surface area contributed by atoms with E-state index >= 15 is 0 Å². The lowest BCUT2D eigenvalue weighted by Crippen LogP contribution is -2.30. The molecule has 8 heteroatoms. The molecular weight excluding hydrogens is 428 g/mol. The van der Waals surface area contributed by atoms with Gasteiger partial charge in [-0.1, -0.05) is 33.6 Å². The van der Waals surface area contributed by atoms with Crippen molar-refractivity contribution in [2.45, 2.75) is 18.7 Å². The predicted octanol–water partition coefficient (Wildman–Crippen LogP) is 4.39. The van der Waals surface area contributed by atoms with Crippen LogP contribution in [-0.2, 0) is 10.0 Å². The molecule has 25 heavy (non-hydrogen) atoms. The molecule has 0 unspecified atom stereocenters. The van der Waals surface area contributed by atoms with Crippen molar-refractivity contribution in [3.8, 4) is 0 Å². The number of halogens is 2. The molecule has 0 saturated carbocycles. The first kappa shape index (κ1) is 19.8. The van der Waals surface area contributed by atoms with Crippen LogP contribution in [0.5, 0.6) is 0 Å². The Bertz CT molecular complexity index is 883. The molecule has 0 aliphatic heterocycles. The Kier molecular flexibility index (Phi) is 6.48. The van der Waals surface area contributed by atoms with E-state index in [0.717, 1.165) is 0 Å². The van der Waals surface area contributed by atoms with Gasteiger partial charge in [-0.15, -0.1) is 0 Å². The quantitative estimate of drug-likeness (QED) is 0.717. The number of benzene rings is 2. The number of hydrogen-bond acceptors (Lipinski definition) is 3. The maximum atomic E-state index is 12.6. The SMILES string of the molecule is CCN(CC)C(=O)c1cccc(NS(=O)(=O)c2ccc(Br)cc2Cl)c1. The summed E-state index contributed by atoms with van der Waals surface area (Å²) < 4.78 is 28.3. The van der Waals surface area contributed by atoms with Gasteiger partial charge in [-0.05, 0) is 50.2 Å². The van der Waals surface area contributed by atoms with Gasteiger partial charge >= 0.3 is 0 Å². The van der Waals surface area contributed by atoms with Crippen molar-refractivity contribution >= 4 is 49.1 Å². The number of amides is 1. The average Bonchev–Trinajstić information content (AvgIpc) is 2.55. The minimum Gasteiger partial charge on any atom is -0.339 e. The summed E-state index contributed by atoms with van der Waals surface area (Å²) in [5, 5.41) is 0.109.